The van der Waals surface area contributed by atoms with Gasteiger partial charge in [-0.3, -0.25) is 4.90 Å². The van der Waals surface area contributed by atoms with Crippen LogP contribution < -0.4 is 0 Å². The Morgan fingerprint density at radius 3 is 2.80 bits per heavy atom. The normalized spacial score (nSPS) is 30.7. The van der Waals surface area contributed by atoms with Gasteiger partial charge in [-0.15, -0.1) is 0 Å². The highest BCUT2D eigenvalue weighted by Crippen LogP contribution is 2.36. The van der Waals surface area contributed by atoms with E-state index in [4.69, 9.17) is 0 Å². The Hall–Kier alpha value is -0.820. The fourth-order valence-electron chi connectivity index (χ4n) is 3.20. The standard InChI is InChI=1S/C14H19N/c1-2-4-13(5-3-1)11-15-9-8-12-6-7-14(15)10-12/h1-5,12,14H,6-11H2. The Kier molecular flexibility index (Phi) is 2.49. The molecule has 1 saturated heterocycles. The zero-order chi connectivity index (χ0) is 10.1. The topological polar surface area (TPSA) is 3.24 Å². The molecule has 2 fully saturated rings. The van der Waals surface area contributed by atoms with Gasteiger partial charge in [0.05, 0.1) is 0 Å². The molecular weight excluding hydrogens is 182 g/mol. The Labute approximate surface area is 92.1 Å². The van der Waals surface area contributed by atoms with Crippen molar-refractivity contribution in [3.05, 3.63) is 35.9 Å². The van der Waals surface area contributed by atoms with Gasteiger partial charge in [0, 0.05) is 12.6 Å². The van der Waals surface area contributed by atoms with Crippen molar-refractivity contribution in [3.8, 4) is 0 Å². The first-order valence-corrected chi connectivity index (χ1v) is 6.20. The lowest BCUT2D eigenvalue weighted by atomic mass is 9.99. The summed E-state index contributed by atoms with van der Waals surface area (Å²) in [6, 6.07) is 11.8. The van der Waals surface area contributed by atoms with E-state index in [1.807, 2.05) is 0 Å². The third-order valence-electron chi connectivity index (χ3n) is 4.08. The van der Waals surface area contributed by atoms with Crippen molar-refractivity contribution in [2.45, 2.75) is 38.3 Å². The van der Waals surface area contributed by atoms with E-state index in [0.717, 1.165) is 18.5 Å². The quantitative estimate of drug-likeness (QED) is 0.711. The average Bonchev–Trinajstić information content (AvgIpc) is 2.67. The van der Waals surface area contributed by atoms with E-state index >= 15 is 0 Å². The number of benzene rings is 1. The Morgan fingerprint density at radius 2 is 1.93 bits per heavy atom. The monoisotopic (exact) mass is 201 g/mol. The maximum Gasteiger partial charge on any atom is 0.0236 e. The van der Waals surface area contributed by atoms with Gasteiger partial charge in [-0.05, 0) is 43.7 Å². The molecule has 0 amide bonds. The molecule has 3 rings (SSSR count). The summed E-state index contributed by atoms with van der Waals surface area (Å²) in [6.45, 7) is 2.49. The molecule has 2 atom stereocenters. The molecule has 2 bridgehead atoms. The minimum atomic E-state index is 0.893. The van der Waals surface area contributed by atoms with Crippen LogP contribution in [0, 0.1) is 5.92 Å². The van der Waals surface area contributed by atoms with Crippen LogP contribution >= 0.6 is 0 Å². The predicted molar refractivity (Wildman–Crippen MR) is 62.6 cm³/mol. The van der Waals surface area contributed by atoms with Crippen LogP contribution in [0.4, 0.5) is 0 Å². The fourth-order valence-corrected chi connectivity index (χ4v) is 3.20. The van der Waals surface area contributed by atoms with Gasteiger partial charge in [-0.25, -0.2) is 0 Å². The fraction of sp³-hybridized carbons (Fsp3) is 0.571. The van der Waals surface area contributed by atoms with Gasteiger partial charge in [0.25, 0.3) is 0 Å². The van der Waals surface area contributed by atoms with Gasteiger partial charge in [0.1, 0.15) is 0 Å². The number of nitrogens with zero attached hydrogens (tertiary/aromatic N) is 1. The highest BCUT2D eigenvalue weighted by atomic mass is 15.2. The van der Waals surface area contributed by atoms with Crippen molar-refractivity contribution in [2.24, 2.45) is 5.92 Å². The van der Waals surface area contributed by atoms with Gasteiger partial charge >= 0.3 is 0 Å². The van der Waals surface area contributed by atoms with Crippen LogP contribution in [0.15, 0.2) is 30.3 Å². The molecule has 1 heteroatoms. The van der Waals surface area contributed by atoms with Crippen LogP contribution in [-0.4, -0.2) is 17.5 Å². The molecule has 1 aromatic carbocycles. The van der Waals surface area contributed by atoms with E-state index in [9.17, 15) is 0 Å². The maximum atomic E-state index is 2.69. The van der Waals surface area contributed by atoms with E-state index < -0.39 is 0 Å². The molecule has 1 heterocycles. The van der Waals surface area contributed by atoms with Gasteiger partial charge in [-0.2, -0.15) is 0 Å². The van der Waals surface area contributed by atoms with E-state index in [0.29, 0.717) is 0 Å². The first kappa shape index (κ1) is 9.41. The summed E-state index contributed by atoms with van der Waals surface area (Å²) in [6.07, 6.45) is 5.82. The summed E-state index contributed by atoms with van der Waals surface area (Å²) in [4.78, 5) is 2.69. The van der Waals surface area contributed by atoms with E-state index in [1.54, 1.807) is 0 Å². The second-order valence-corrected chi connectivity index (χ2v) is 5.08. The second-order valence-electron chi connectivity index (χ2n) is 5.08. The minimum Gasteiger partial charge on any atom is -0.296 e. The van der Waals surface area contributed by atoms with Crippen LogP contribution in [0.1, 0.15) is 31.2 Å². The molecule has 0 radical (unpaired) electrons. The van der Waals surface area contributed by atoms with Crippen molar-refractivity contribution in [1.29, 1.82) is 0 Å². The Bertz CT molecular complexity index is 319. The molecule has 2 unspecified atom stereocenters. The van der Waals surface area contributed by atoms with Crippen molar-refractivity contribution in [2.75, 3.05) is 6.54 Å². The average molecular weight is 201 g/mol. The van der Waals surface area contributed by atoms with Gasteiger partial charge in [0.15, 0.2) is 0 Å². The second kappa shape index (κ2) is 3.97. The van der Waals surface area contributed by atoms with Crippen LogP contribution in [0.25, 0.3) is 0 Å². The summed E-state index contributed by atoms with van der Waals surface area (Å²) < 4.78 is 0. The third kappa shape index (κ3) is 1.93. The molecule has 1 nitrogen and oxygen atoms in total. The first-order valence-electron chi connectivity index (χ1n) is 6.20. The molecule has 1 aliphatic carbocycles. The van der Waals surface area contributed by atoms with Gasteiger partial charge in [-0.1, -0.05) is 30.3 Å². The highest BCUT2D eigenvalue weighted by Gasteiger charge is 2.33. The molecule has 15 heavy (non-hydrogen) atoms. The van der Waals surface area contributed by atoms with E-state index in [2.05, 4.69) is 35.2 Å². The smallest absolute Gasteiger partial charge is 0.0236 e. The SMILES string of the molecule is c1ccc(CN2CCC3CCC2C3)cc1. The largest absolute Gasteiger partial charge is 0.296 e. The predicted octanol–water partition coefficient (Wildman–Crippen LogP) is 3.06. The number of fused-ring (bicyclic) bond motifs is 2. The lowest BCUT2D eigenvalue weighted by Gasteiger charge is -2.33. The molecular formula is C14H19N. The van der Waals surface area contributed by atoms with Gasteiger partial charge in [0.2, 0.25) is 0 Å². The van der Waals surface area contributed by atoms with Crippen LogP contribution in [0.5, 0.6) is 0 Å². The zero-order valence-corrected chi connectivity index (χ0v) is 9.23. The molecule has 1 aromatic rings. The number of likely N-dealkylation sites (tertiary alicyclic amines) is 1. The number of piperidine rings is 1. The van der Waals surface area contributed by atoms with E-state index in [-0.39, 0.29) is 0 Å². The molecule has 1 aliphatic heterocycles. The van der Waals surface area contributed by atoms with Crippen molar-refractivity contribution < 1.29 is 0 Å². The van der Waals surface area contributed by atoms with Crippen molar-refractivity contribution in [3.63, 3.8) is 0 Å². The molecule has 80 valence electrons. The third-order valence-corrected chi connectivity index (χ3v) is 4.08. The lowest BCUT2D eigenvalue weighted by Crippen LogP contribution is -2.37. The van der Waals surface area contributed by atoms with Crippen LogP contribution in [0.3, 0.4) is 0 Å². The molecule has 0 N–H and O–H groups in total. The molecule has 2 aliphatic rings. The maximum absolute atomic E-state index is 2.69. The van der Waals surface area contributed by atoms with E-state index in [1.165, 1.54) is 37.8 Å². The van der Waals surface area contributed by atoms with Gasteiger partial charge < -0.3 is 0 Å². The number of rotatable bonds is 2. The van der Waals surface area contributed by atoms with Crippen molar-refractivity contribution in [1.82, 2.24) is 4.90 Å². The van der Waals surface area contributed by atoms with Crippen molar-refractivity contribution >= 4 is 0 Å². The molecule has 0 spiro atoms. The highest BCUT2D eigenvalue weighted by molar-refractivity contribution is 5.14. The molecule has 0 aromatic heterocycles. The molecule has 1 saturated carbocycles. The number of hydrogen-bond acceptors (Lipinski definition) is 1. The minimum absolute atomic E-state index is 0.893. The first-order chi connectivity index (χ1) is 7.42. The summed E-state index contributed by atoms with van der Waals surface area (Å²) in [5, 5.41) is 0. The summed E-state index contributed by atoms with van der Waals surface area (Å²) in [7, 11) is 0. The summed E-state index contributed by atoms with van der Waals surface area (Å²) >= 11 is 0. The lowest BCUT2D eigenvalue weighted by molar-refractivity contribution is 0.148. The zero-order valence-electron chi connectivity index (χ0n) is 9.23. The Balaban J connectivity index is 1.68. The summed E-state index contributed by atoms with van der Waals surface area (Å²) in [5.41, 5.74) is 1.47. The van der Waals surface area contributed by atoms with Crippen LogP contribution in [-0.2, 0) is 6.54 Å². The number of hydrogen-bond donors (Lipinski definition) is 0. The summed E-state index contributed by atoms with van der Waals surface area (Å²) in [5.74, 6) is 1.06. The van der Waals surface area contributed by atoms with Crippen LogP contribution in [0.2, 0.25) is 0 Å². The Morgan fingerprint density at radius 1 is 1.07 bits per heavy atom.